The van der Waals surface area contributed by atoms with Gasteiger partial charge in [0.1, 0.15) is 0 Å². The van der Waals surface area contributed by atoms with E-state index in [1.54, 1.807) is 0 Å². The van der Waals surface area contributed by atoms with Crippen LogP contribution in [-0.2, 0) is 4.79 Å². The molecule has 0 atom stereocenters. The molecule has 0 amide bonds. The van der Waals surface area contributed by atoms with Gasteiger partial charge in [-0.2, -0.15) is 0 Å². The molecule has 3 heteroatoms. The fourth-order valence-corrected chi connectivity index (χ4v) is 2.17. The Labute approximate surface area is 85.9 Å². The zero-order chi connectivity index (χ0) is 10.2. The summed E-state index contributed by atoms with van der Waals surface area (Å²) in [6.07, 6.45) is 7.88. The lowest BCUT2D eigenvalue weighted by atomic mass is 9.89. The van der Waals surface area contributed by atoms with Gasteiger partial charge in [-0.05, 0) is 19.3 Å². The number of quaternary nitrogens is 1. The monoisotopic (exact) mass is 199 g/mol. The van der Waals surface area contributed by atoms with Gasteiger partial charge in [0, 0.05) is 18.3 Å². The first-order valence-corrected chi connectivity index (χ1v) is 5.80. The van der Waals surface area contributed by atoms with Crippen molar-refractivity contribution in [2.45, 2.75) is 44.9 Å². The van der Waals surface area contributed by atoms with Gasteiger partial charge in [-0.15, -0.1) is 0 Å². The number of carbonyl (C=O) groups is 1. The van der Waals surface area contributed by atoms with Crippen molar-refractivity contribution in [1.29, 1.82) is 0 Å². The van der Waals surface area contributed by atoms with E-state index in [9.17, 15) is 9.90 Å². The average Bonchev–Trinajstić information content (AvgIpc) is 2.18. The predicted molar refractivity (Wildman–Crippen MR) is 52.5 cm³/mol. The Kier molecular flexibility index (Phi) is 5.60. The molecule has 1 saturated carbocycles. The molecule has 0 unspecified atom stereocenters. The van der Waals surface area contributed by atoms with Crippen molar-refractivity contribution >= 4 is 5.97 Å². The number of carbonyl (C=O) groups excluding carboxylic acids is 1. The molecule has 0 spiro atoms. The molecule has 0 radical (unpaired) electrons. The third kappa shape index (κ3) is 5.22. The molecule has 82 valence electrons. The smallest absolute Gasteiger partial charge is 0.0783 e. The largest absolute Gasteiger partial charge is 0.550 e. The highest BCUT2D eigenvalue weighted by atomic mass is 16.4. The zero-order valence-corrected chi connectivity index (χ0v) is 8.84. The van der Waals surface area contributed by atoms with Crippen molar-refractivity contribution in [3.8, 4) is 0 Å². The van der Waals surface area contributed by atoms with Crippen molar-refractivity contribution in [3.05, 3.63) is 0 Å². The summed E-state index contributed by atoms with van der Waals surface area (Å²) in [6, 6.07) is 0. The normalized spacial score (nSPS) is 18.3. The Balaban J connectivity index is 1.90. The quantitative estimate of drug-likeness (QED) is 0.595. The van der Waals surface area contributed by atoms with Crippen LogP contribution in [0, 0.1) is 5.92 Å². The van der Waals surface area contributed by atoms with Crippen LogP contribution < -0.4 is 10.4 Å². The summed E-state index contributed by atoms with van der Waals surface area (Å²) in [5.41, 5.74) is 0. The summed E-state index contributed by atoms with van der Waals surface area (Å²) in [5, 5.41) is 12.4. The van der Waals surface area contributed by atoms with Gasteiger partial charge in [-0.25, -0.2) is 0 Å². The number of nitrogens with two attached hydrogens (primary N) is 1. The zero-order valence-electron chi connectivity index (χ0n) is 8.84. The lowest BCUT2D eigenvalue weighted by molar-refractivity contribution is -0.661. The minimum Gasteiger partial charge on any atom is -0.550 e. The topological polar surface area (TPSA) is 56.7 Å². The highest BCUT2D eigenvalue weighted by Crippen LogP contribution is 2.21. The van der Waals surface area contributed by atoms with E-state index in [0.717, 1.165) is 18.9 Å². The van der Waals surface area contributed by atoms with Gasteiger partial charge in [0.15, 0.2) is 0 Å². The van der Waals surface area contributed by atoms with Crippen molar-refractivity contribution < 1.29 is 15.2 Å². The van der Waals surface area contributed by atoms with Crippen molar-refractivity contribution in [2.75, 3.05) is 13.1 Å². The number of carboxylic acids is 1. The second kappa shape index (κ2) is 6.82. The fraction of sp³-hybridized carbons (Fsp3) is 0.909. The second-order valence-electron chi connectivity index (χ2n) is 4.29. The molecular weight excluding hydrogens is 178 g/mol. The number of carboxylic acid groups (broad SMARTS) is 1. The fourth-order valence-electron chi connectivity index (χ4n) is 2.17. The highest BCUT2D eigenvalue weighted by Gasteiger charge is 2.14. The maximum atomic E-state index is 10.1. The van der Waals surface area contributed by atoms with Crippen LogP contribution in [0.1, 0.15) is 44.9 Å². The van der Waals surface area contributed by atoms with E-state index in [-0.39, 0.29) is 6.42 Å². The maximum Gasteiger partial charge on any atom is 0.0783 e. The van der Waals surface area contributed by atoms with E-state index in [1.807, 2.05) is 0 Å². The molecule has 0 saturated heterocycles. The van der Waals surface area contributed by atoms with E-state index in [4.69, 9.17) is 0 Å². The number of hydrogen-bond donors (Lipinski definition) is 1. The predicted octanol–water partition coefficient (Wildman–Crippen LogP) is -0.340. The minimum atomic E-state index is -0.920. The van der Waals surface area contributed by atoms with Crippen LogP contribution in [-0.4, -0.2) is 19.1 Å². The van der Waals surface area contributed by atoms with E-state index < -0.39 is 5.97 Å². The summed E-state index contributed by atoms with van der Waals surface area (Å²) in [7, 11) is 0. The van der Waals surface area contributed by atoms with Gasteiger partial charge in [-0.3, -0.25) is 0 Å². The SMILES string of the molecule is O=C([O-])CCC[NH2+]CC1CCCCC1. The van der Waals surface area contributed by atoms with Gasteiger partial charge >= 0.3 is 0 Å². The Morgan fingerprint density at radius 1 is 1.29 bits per heavy atom. The first-order chi connectivity index (χ1) is 6.79. The van der Waals surface area contributed by atoms with Gasteiger partial charge in [0.2, 0.25) is 0 Å². The van der Waals surface area contributed by atoms with Crippen LogP contribution in [0.3, 0.4) is 0 Å². The molecule has 0 aromatic heterocycles. The van der Waals surface area contributed by atoms with Crippen LogP contribution in [0.15, 0.2) is 0 Å². The van der Waals surface area contributed by atoms with E-state index in [1.165, 1.54) is 38.6 Å². The third-order valence-corrected chi connectivity index (χ3v) is 3.01. The number of aliphatic carboxylic acids is 1. The summed E-state index contributed by atoms with van der Waals surface area (Å²) < 4.78 is 0. The molecule has 0 bridgehead atoms. The Hall–Kier alpha value is -0.570. The van der Waals surface area contributed by atoms with Gasteiger partial charge in [0.05, 0.1) is 13.1 Å². The Bertz CT molecular complexity index is 165. The molecule has 1 fully saturated rings. The minimum absolute atomic E-state index is 0.209. The molecule has 2 N–H and O–H groups in total. The van der Waals surface area contributed by atoms with Gasteiger partial charge < -0.3 is 15.2 Å². The molecule has 14 heavy (non-hydrogen) atoms. The lowest BCUT2D eigenvalue weighted by Crippen LogP contribution is -2.85. The van der Waals surface area contributed by atoms with Crippen LogP contribution in [0.4, 0.5) is 0 Å². The average molecular weight is 199 g/mol. The van der Waals surface area contributed by atoms with Crippen LogP contribution in [0.25, 0.3) is 0 Å². The van der Waals surface area contributed by atoms with Crippen molar-refractivity contribution in [2.24, 2.45) is 5.92 Å². The van der Waals surface area contributed by atoms with Crippen molar-refractivity contribution in [3.63, 3.8) is 0 Å². The summed E-state index contributed by atoms with van der Waals surface area (Å²) in [4.78, 5) is 10.1. The summed E-state index contributed by atoms with van der Waals surface area (Å²) >= 11 is 0. The van der Waals surface area contributed by atoms with E-state index in [0.29, 0.717) is 0 Å². The summed E-state index contributed by atoms with van der Waals surface area (Å²) in [5.74, 6) is -0.0391. The molecular formula is C11H21NO2. The molecule has 3 nitrogen and oxygen atoms in total. The Morgan fingerprint density at radius 2 is 2.00 bits per heavy atom. The summed E-state index contributed by atoms with van der Waals surface area (Å²) in [6.45, 7) is 2.12. The van der Waals surface area contributed by atoms with Crippen molar-refractivity contribution in [1.82, 2.24) is 0 Å². The molecule has 1 aliphatic rings. The van der Waals surface area contributed by atoms with Gasteiger partial charge in [0.25, 0.3) is 0 Å². The Morgan fingerprint density at radius 3 is 2.64 bits per heavy atom. The lowest BCUT2D eigenvalue weighted by Gasteiger charge is -2.19. The van der Waals surface area contributed by atoms with E-state index in [2.05, 4.69) is 5.32 Å². The van der Waals surface area contributed by atoms with Crippen LogP contribution >= 0.6 is 0 Å². The molecule has 0 aromatic carbocycles. The molecule has 0 aromatic rings. The first-order valence-electron chi connectivity index (χ1n) is 5.80. The van der Waals surface area contributed by atoms with Crippen LogP contribution in [0.2, 0.25) is 0 Å². The standard InChI is InChI=1S/C11H21NO2/c13-11(14)7-4-8-12-9-10-5-2-1-3-6-10/h10,12H,1-9H2,(H,13,14). The molecule has 0 heterocycles. The molecule has 1 aliphatic carbocycles. The van der Waals surface area contributed by atoms with E-state index >= 15 is 0 Å². The third-order valence-electron chi connectivity index (χ3n) is 3.01. The number of rotatable bonds is 6. The molecule has 0 aliphatic heterocycles. The van der Waals surface area contributed by atoms with Crippen LogP contribution in [0.5, 0.6) is 0 Å². The number of hydrogen-bond acceptors (Lipinski definition) is 2. The maximum absolute atomic E-state index is 10.1. The van der Waals surface area contributed by atoms with Gasteiger partial charge in [-0.1, -0.05) is 19.3 Å². The first kappa shape index (κ1) is 11.5. The molecule has 1 rings (SSSR count). The highest BCUT2D eigenvalue weighted by molar-refractivity contribution is 5.64. The second-order valence-corrected chi connectivity index (χ2v) is 4.29.